The number of carbonyl (C=O) groups is 1. The summed E-state index contributed by atoms with van der Waals surface area (Å²) in [6.07, 6.45) is -6.32. The van der Waals surface area contributed by atoms with Gasteiger partial charge in [0.05, 0.1) is 21.8 Å². The summed E-state index contributed by atoms with van der Waals surface area (Å²) in [7, 11) is -4.53. The minimum Gasteiger partial charge on any atom is -0.425 e. The van der Waals surface area contributed by atoms with Crippen molar-refractivity contribution in [3.63, 3.8) is 0 Å². The lowest BCUT2D eigenvalue weighted by molar-refractivity contribution is -0.139. The number of amides is 1. The molecule has 33 heavy (non-hydrogen) atoms. The van der Waals surface area contributed by atoms with Crippen LogP contribution in [0.15, 0.2) is 41.4 Å². The van der Waals surface area contributed by atoms with Gasteiger partial charge in [0, 0.05) is 19.2 Å². The predicted molar refractivity (Wildman–Crippen MR) is 105 cm³/mol. The third kappa shape index (κ3) is 5.12. The van der Waals surface area contributed by atoms with Crippen molar-refractivity contribution in [3.8, 4) is 12.1 Å². The highest BCUT2D eigenvalue weighted by molar-refractivity contribution is 7.92. The van der Waals surface area contributed by atoms with E-state index < -0.39 is 44.0 Å². The molecule has 2 heterocycles. The van der Waals surface area contributed by atoms with E-state index in [0.29, 0.717) is 6.07 Å². The fraction of sp³-hybridized carbons (Fsp3) is 0.316. The van der Waals surface area contributed by atoms with E-state index in [0.717, 1.165) is 12.1 Å². The van der Waals surface area contributed by atoms with Crippen molar-refractivity contribution in [1.82, 2.24) is 15.3 Å². The van der Waals surface area contributed by atoms with Crippen LogP contribution >= 0.6 is 0 Å². The van der Waals surface area contributed by atoms with Crippen LogP contribution in [0.2, 0.25) is 0 Å². The summed E-state index contributed by atoms with van der Waals surface area (Å²) in [6.45, 7) is -0.745. The van der Waals surface area contributed by atoms with Crippen LogP contribution in [0.25, 0.3) is 0 Å². The number of nitrogens with zero attached hydrogens (tertiary/aromatic N) is 5. The zero-order valence-electron chi connectivity index (χ0n) is 16.7. The third-order valence-electron chi connectivity index (χ3n) is 4.74. The van der Waals surface area contributed by atoms with Crippen LogP contribution in [0.4, 0.5) is 23.8 Å². The van der Waals surface area contributed by atoms with E-state index in [1.807, 2.05) is 0 Å². The molecule has 3 rings (SSSR count). The molecule has 0 spiro atoms. The zero-order valence-corrected chi connectivity index (χ0v) is 17.5. The number of halogens is 3. The Labute approximate surface area is 186 Å². The Morgan fingerprint density at radius 1 is 1.27 bits per heavy atom. The Balaban J connectivity index is 1.98. The highest BCUT2D eigenvalue weighted by atomic mass is 32.2. The lowest BCUT2D eigenvalue weighted by Gasteiger charge is -2.24. The molecule has 1 amide bonds. The summed E-state index contributed by atoms with van der Waals surface area (Å²) in [5.74, 6) is -0.199. The minimum absolute atomic E-state index is 0.0430. The van der Waals surface area contributed by atoms with Crippen molar-refractivity contribution in [2.24, 2.45) is 0 Å². The lowest BCUT2D eigenvalue weighted by atomic mass is 10.2. The molecule has 1 aromatic heterocycles. The van der Waals surface area contributed by atoms with Crippen molar-refractivity contribution >= 4 is 21.7 Å². The van der Waals surface area contributed by atoms with Crippen LogP contribution in [0, 0.1) is 22.7 Å². The molecule has 2 aromatic rings. The Bertz CT molecular complexity index is 1240. The number of alkyl halides is 3. The van der Waals surface area contributed by atoms with Crippen molar-refractivity contribution in [1.29, 1.82) is 10.5 Å². The van der Waals surface area contributed by atoms with Gasteiger partial charge in [0.1, 0.15) is 18.4 Å². The van der Waals surface area contributed by atoms with E-state index in [4.69, 9.17) is 15.3 Å². The molecule has 1 fully saturated rings. The van der Waals surface area contributed by atoms with Crippen molar-refractivity contribution in [2.75, 3.05) is 18.0 Å². The fourth-order valence-corrected chi connectivity index (χ4v) is 5.20. The summed E-state index contributed by atoms with van der Waals surface area (Å²) < 4.78 is 71.9. The maximum absolute atomic E-state index is 13.4. The second kappa shape index (κ2) is 9.30. The molecule has 0 radical (unpaired) electrons. The molecule has 0 bridgehead atoms. The van der Waals surface area contributed by atoms with Gasteiger partial charge in [-0.25, -0.2) is 23.2 Å². The molecule has 1 N–H and O–H groups in total. The monoisotopic (exact) mass is 480 g/mol. The summed E-state index contributed by atoms with van der Waals surface area (Å²) >= 11 is 0. The number of anilines is 1. The summed E-state index contributed by atoms with van der Waals surface area (Å²) in [5.41, 5.74) is -1.30. The van der Waals surface area contributed by atoms with Crippen LogP contribution in [0.5, 0.6) is 0 Å². The number of rotatable bonds is 5. The number of nitrogens with one attached hydrogen (secondary N) is 1. The SMILES string of the molecule is N#CCNC(=O)O[C@H]1C[C@H](S(=O)(=O)c2ccccc2C(F)(F)F)CN1c1ccnc(C#N)n1. The van der Waals surface area contributed by atoms with E-state index >= 15 is 0 Å². The van der Waals surface area contributed by atoms with Gasteiger partial charge < -0.3 is 15.0 Å². The molecule has 1 aliphatic heterocycles. The van der Waals surface area contributed by atoms with Crippen LogP contribution in [0.1, 0.15) is 17.8 Å². The number of alkyl carbamates (subject to hydrolysis) is 1. The third-order valence-corrected chi connectivity index (χ3v) is 6.93. The maximum atomic E-state index is 13.4. The molecule has 172 valence electrons. The Hall–Kier alpha value is -3.91. The number of nitriles is 2. The number of benzene rings is 1. The highest BCUT2D eigenvalue weighted by Gasteiger charge is 2.46. The van der Waals surface area contributed by atoms with Crippen molar-refractivity contribution in [3.05, 3.63) is 47.9 Å². The van der Waals surface area contributed by atoms with Gasteiger partial charge in [0.25, 0.3) is 0 Å². The smallest absolute Gasteiger partial charge is 0.417 e. The quantitative estimate of drug-likeness (QED) is 0.634. The number of hydrogen-bond acceptors (Lipinski definition) is 9. The molecule has 0 saturated carbocycles. The van der Waals surface area contributed by atoms with Crippen LogP contribution in [-0.4, -0.2) is 49.0 Å². The van der Waals surface area contributed by atoms with E-state index in [1.54, 1.807) is 12.1 Å². The molecular formula is C19H15F3N6O4S. The molecule has 14 heteroatoms. The molecule has 0 unspecified atom stereocenters. The second-order valence-electron chi connectivity index (χ2n) is 6.77. The molecule has 1 aliphatic rings. The molecule has 1 aromatic carbocycles. The minimum atomic E-state index is -4.90. The van der Waals surface area contributed by atoms with Gasteiger partial charge in [-0.15, -0.1) is 0 Å². The van der Waals surface area contributed by atoms with Crippen LogP contribution in [0.3, 0.4) is 0 Å². The van der Waals surface area contributed by atoms with E-state index in [-0.39, 0.29) is 31.2 Å². The molecular weight excluding hydrogens is 465 g/mol. The number of aromatic nitrogens is 2. The Kier molecular flexibility index (Phi) is 6.69. The van der Waals surface area contributed by atoms with E-state index in [1.165, 1.54) is 23.2 Å². The standard InChI is InChI=1S/C19H15F3N6O4S/c20-19(21,22)13-3-1-2-4-14(13)33(30,31)12-9-17(32-18(29)26-8-6-23)28(11-12)16-5-7-25-15(10-24)27-16/h1-5,7,12,17H,8-9,11H2,(H,26,29)/t12-,17-/m0/s1. The van der Waals surface area contributed by atoms with Gasteiger partial charge in [-0.1, -0.05) is 12.1 Å². The van der Waals surface area contributed by atoms with Crippen molar-refractivity contribution < 1.29 is 31.1 Å². The first-order valence-corrected chi connectivity index (χ1v) is 10.8. The Morgan fingerprint density at radius 3 is 2.67 bits per heavy atom. The summed E-state index contributed by atoms with van der Waals surface area (Å²) in [6, 6.07) is 8.53. The van der Waals surface area contributed by atoms with Gasteiger partial charge >= 0.3 is 12.3 Å². The fourth-order valence-electron chi connectivity index (χ4n) is 3.31. The number of hydrogen-bond donors (Lipinski definition) is 1. The topological polar surface area (TPSA) is 149 Å². The van der Waals surface area contributed by atoms with Crippen molar-refractivity contribution in [2.45, 2.75) is 29.0 Å². The van der Waals surface area contributed by atoms with Crippen LogP contribution in [-0.2, 0) is 20.8 Å². The van der Waals surface area contributed by atoms with E-state index in [2.05, 4.69) is 15.3 Å². The first-order valence-electron chi connectivity index (χ1n) is 9.29. The first kappa shape index (κ1) is 23.7. The van der Waals surface area contributed by atoms with Gasteiger partial charge in [0.2, 0.25) is 5.82 Å². The largest absolute Gasteiger partial charge is 0.425 e. The first-order chi connectivity index (χ1) is 15.6. The van der Waals surface area contributed by atoms with Gasteiger partial charge in [0.15, 0.2) is 16.1 Å². The molecule has 10 nitrogen and oxygen atoms in total. The maximum Gasteiger partial charge on any atom is 0.417 e. The van der Waals surface area contributed by atoms with E-state index in [9.17, 15) is 26.4 Å². The predicted octanol–water partition coefficient (Wildman–Crippen LogP) is 2.00. The Morgan fingerprint density at radius 2 is 2.00 bits per heavy atom. The normalized spacial score (nSPS) is 18.3. The van der Waals surface area contributed by atoms with Gasteiger partial charge in [-0.3, -0.25) is 0 Å². The van der Waals surface area contributed by atoms with Gasteiger partial charge in [-0.05, 0) is 18.2 Å². The average molecular weight is 480 g/mol. The molecule has 0 aliphatic carbocycles. The molecule has 2 atom stereocenters. The second-order valence-corrected chi connectivity index (χ2v) is 8.97. The molecule has 1 saturated heterocycles. The summed E-state index contributed by atoms with van der Waals surface area (Å²) in [4.78, 5) is 20.0. The number of carbonyl (C=O) groups excluding carboxylic acids is 1. The van der Waals surface area contributed by atoms with Gasteiger partial charge in [-0.2, -0.15) is 23.7 Å². The zero-order chi connectivity index (χ0) is 24.2. The number of ether oxygens (including phenoxy) is 1. The average Bonchev–Trinajstić information content (AvgIpc) is 3.21. The van der Waals surface area contributed by atoms with Crippen LogP contribution < -0.4 is 10.2 Å². The summed E-state index contributed by atoms with van der Waals surface area (Å²) in [5, 5.41) is 18.4. The lowest BCUT2D eigenvalue weighted by Crippen LogP contribution is -2.38. The highest BCUT2D eigenvalue weighted by Crippen LogP contribution is 2.38. The number of sulfone groups is 1.